The van der Waals surface area contributed by atoms with E-state index < -0.39 is 5.41 Å². The fourth-order valence-electron chi connectivity index (χ4n) is 9.58. The average molecular weight is 701 g/mol. The van der Waals surface area contributed by atoms with Crippen molar-refractivity contribution in [1.82, 2.24) is 0 Å². The summed E-state index contributed by atoms with van der Waals surface area (Å²) in [7, 11) is 0. The van der Waals surface area contributed by atoms with Crippen molar-refractivity contribution in [2.45, 2.75) is 5.41 Å². The van der Waals surface area contributed by atoms with E-state index in [0.29, 0.717) is 0 Å². The highest BCUT2D eigenvalue weighted by atomic mass is 16.5. The van der Waals surface area contributed by atoms with Crippen LogP contribution < -0.4 is 4.74 Å². The lowest BCUT2D eigenvalue weighted by atomic mass is 9.67. The Morgan fingerprint density at radius 1 is 0.327 bits per heavy atom. The maximum absolute atomic E-state index is 6.70. The molecule has 0 unspecified atom stereocenters. The molecule has 0 N–H and O–H groups in total. The van der Waals surface area contributed by atoms with E-state index in [2.05, 4.69) is 182 Å². The zero-order valence-corrected chi connectivity index (χ0v) is 29.8. The summed E-state index contributed by atoms with van der Waals surface area (Å²) in [6.45, 7) is 0. The SMILES string of the molecule is c1ccc(C2(c3ccccc3)c3ccccc3-c3ccc(-c4ccc5c(c4)-c4cccc6c(-c7ccc8oc9ccccc9c8c7)ccc(c46)O5)cc32)cc1. The third kappa shape index (κ3) is 4.25. The van der Waals surface area contributed by atoms with E-state index in [1.165, 1.54) is 55.5 Å². The monoisotopic (exact) mass is 700 g/mol. The highest BCUT2D eigenvalue weighted by Crippen LogP contribution is 2.57. The van der Waals surface area contributed by atoms with Crippen LogP contribution in [0.15, 0.2) is 199 Å². The second-order valence-corrected chi connectivity index (χ2v) is 14.7. The summed E-state index contributed by atoms with van der Waals surface area (Å²) in [4.78, 5) is 0. The van der Waals surface area contributed by atoms with Gasteiger partial charge in [-0.1, -0.05) is 152 Å². The molecule has 1 aliphatic carbocycles. The molecule has 0 saturated carbocycles. The summed E-state index contributed by atoms with van der Waals surface area (Å²) in [6, 6.07) is 70.4. The smallest absolute Gasteiger partial charge is 0.135 e. The van der Waals surface area contributed by atoms with Crippen LogP contribution >= 0.6 is 0 Å². The van der Waals surface area contributed by atoms with Gasteiger partial charge < -0.3 is 9.15 Å². The van der Waals surface area contributed by atoms with Crippen LogP contribution in [-0.4, -0.2) is 0 Å². The van der Waals surface area contributed by atoms with E-state index in [0.717, 1.165) is 55.5 Å². The molecular weight excluding hydrogens is 669 g/mol. The zero-order valence-electron chi connectivity index (χ0n) is 29.8. The molecule has 0 radical (unpaired) electrons. The van der Waals surface area contributed by atoms with Crippen LogP contribution in [0.25, 0.3) is 77.2 Å². The van der Waals surface area contributed by atoms with Crippen LogP contribution in [-0.2, 0) is 5.41 Å². The minimum absolute atomic E-state index is 0.450. The number of hydrogen-bond acceptors (Lipinski definition) is 2. The van der Waals surface area contributed by atoms with E-state index in [1.54, 1.807) is 0 Å². The summed E-state index contributed by atoms with van der Waals surface area (Å²) in [5.41, 5.74) is 16.0. The summed E-state index contributed by atoms with van der Waals surface area (Å²) >= 11 is 0. The molecule has 0 amide bonds. The largest absolute Gasteiger partial charge is 0.456 e. The second-order valence-electron chi connectivity index (χ2n) is 14.7. The Morgan fingerprint density at radius 3 is 1.80 bits per heavy atom. The second kappa shape index (κ2) is 11.4. The molecule has 10 aromatic rings. The van der Waals surface area contributed by atoms with Gasteiger partial charge in [-0.05, 0) is 109 Å². The van der Waals surface area contributed by atoms with Crippen molar-refractivity contribution in [3.63, 3.8) is 0 Å². The van der Waals surface area contributed by atoms with Crippen LogP contribution in [0.3, 0.4) is 0 Å². The van der Waals surface area contributed by atoms with Crippen molar-refractivity contribution in [2.24, 2.45) is 0 Å². The Kier molecular flexibility index (Phi) is 6.29. The number of furan rings is 1. The van der Waals surface area contributed by atoms with Gasteiger partial charge in [-0.2, -0.15) is 0 Å². The minimum atomic E-state index is -0.450. The van der Waals surface area contributed by atoms with E-state index in [9.17, 15) is 0 Å². The fourth-order valence-corrected chi connectivity index (χ4v) is 9.58. The van der Waals surface area contributed by atoms with Gasteiger partial charge in [0, 0.05) is 21.7 Å². The highest BCUT2D eigenvalue weighted by molar-refractivity contribution is 6.12. The lowest BCUT2D eigenvalue weighted by Gasteiger charge is -2.34. The molecule has 2 heterocycles. The molecule has 2 heteroatoms. The number of fused-ring (bicyclic) bond motifs is 8. The van der Waals surface area contributed by atoms with Crippen LogP contribution in [0.2, 0.25) is 0 Å². The van der Waals surface area contributed by atoms with Crippen molar-refractivity contribution in [2.75, 3.05) is 0 Å². The number of benzene rings is 9. The van der Waals surface area contributed by atoms with E-state index >= 15 is 0 Å². The molecule has 256 valence electrons. The number of para-hydroxylation sites is 1. The Hall–Kier alpha value is -7.16. The van der Waals surface area contributed by atoms with Crippen LogP contribution in [0.5, 0.6) is 11.5 Å². The lowest BCUT2D eigenvalue weighted by Crippen LogP contribution is -2.28. The van der Waals surface area contributed by atoms with Crippen LogP contribution in [0, 0.1) is 0 Å². The molecule has 1 aliphatic heterocycles. The maximum atomic E-state index is 6.70. The van der Waals surface area contributed by atoms with Crippen molar-refractivity contribution in [3.8, 4) is 56.0 Å². The summed E-state index contributed by atoms with van der Waals surface area (Å²) in [6.07, 6.45) is 0. The molecule has 0 spiro atoms. The van der Waals surface area contributed by atoms with Crippen molar-refractivity contribution < 1.29 is 9.15 Å². The summed E-state index contributed by atoms with van der Waals surface area (Å²) in [5.74, 6) is 1.76. The fraction of sp³-hybridized carbons (Fsp3) is 0.0189. The van der Waals surface area contributed by atoms with E-state index in [1.807, 2.05) is 12.1 Å². The number of rotatable bonds is 4. The third-order valence-corrected chi connectivity index (χ3v) is 12.0. The van der Waals surface area contributed by atoms with E-state index in [-0.39, 0.29) is 0 Å². The first-order valence-corrected chi connectivity index (χ1v) is 18.9. The standard InChI is InChI=1S/C53H32O2/c1-3-12-36(13-4-1)53(37-14-5-2-6-15-37)46-20-9-7-16-39(46)40-25-22-34(32-47(40)53)33-23-27-50-45(30-33)43-19-11-18-42-38(26-29-51(55-50)52(42)43)35-24-28-49-44(31-35)41-17-8-10-21-48(41)54-49/h1-32H. The average Bonchev–Trinajstić information content (AvgIpc) is 3.77. The molecule has 2 aliphatic rings. The molecule has 2 nitrogen and oxygen atoms in total. The molecule has 9 aromatic carbocycles. The summed E-state index contributed by atoms with van der Waals surface area (Å²) < 4.78 is 12.9. The van der Waals surface area contributed by atoms with Crippen molar-refractivity contribution in [1.29, 1.82) is 0 Å². The number of hydrogen-bond donors (Lipinski definition) is 0. The summed E-state index contributed by atoms with van der Waals surface area (Å²) in [5, 5.41) is 4.57. The molecule has 55 heavy (non-hydrogen) atoms. The van der Waals surface area contributed by atoms with Gasteiger partial charge in [-0.15, -0.1) is 0 Å². The molecule has 0 saturated heterocycles. The van der Waals surface area contributed by atoms with Crippen molar-refractivity contribution >= 4 is 32.7 Å². The lowest BCUT2D eigenvalue weighted by molar-refractivity contribution is 0.487. The molecular formula is C53H32O2. The molecule has 0 bridgehead atoms. The van der Waals surface area contributed by atoms with E-state index in [4.69, 9.17) is 9.15 Å². The molecule has 1 aromatic heterocycles. The van der Waals surface area contributed by atoms with Gasteiger partial charge in [0.25, 0.3) is 0 Å². The Balaban J connectivity index is 1.02. The first-order chi connectivity index (χ1) is 27.3. The van der Waals surface area contributed by atoms with Crippen LogP contribution in [0.4, 0.5) is 0 Å². The first-order valence-electron chi connectivity index (χ1n) is 18.9. The van der Waals surface area contributed by atoms with Gasteiger partial charge in [0.15, 0.2) is 0 Å². The normalized spacial score (nSPS) is 13.4. The zero-order chi connectivity index (χ0) is 36.1. The van der Waals surface area contributed by atoms with Gasteiger partial charge >= 0.3 is 0 Å². The minimum Gasteiger partial charge on any atom is -0.456 e. The molecule has 0 atom stereocenters. The third-order valence-electron chi connectivity index (χ3n) is 12.0. The van der Waals surface area contributed by atoms with Gasteiger partial charge in [-0.25, -0.2) is 0 Å². The van der Waals surface area contributed by atoms with Crippen LogP contribution in [0.1, 0.15) is 22.3 Å². The van der Waals surface area contributed by atoms with Gasteiger partial charge in [-0.3, -0.25) is 0 Å². The Labute approximate surface area is 318 Å². The predicted molar refractivity (Wildman–Crippen MR) is 225 cm³/mol. The predicted octanol–water partition coefficient (Wildman–Crippen LogP) is 14.2. The van der Waals surface area contributed by atoms with Gasteiger partial charge in [0.2, 0.25) is 0 Å². The molecule has 0 fully saturated rings. The first kappa shape index (κ1) is 30.3. The van der Waals surface area contributed by atoms with Crippen molar-refractivity contribution in [3.05, 3.63) is 216 Å². The van der Waals surface area contributed by atoms with Gasteiger partial charge in [0.05, 0.1) is 5.41 Å². The Morgan fingerprint density at radius 2 is 0.945 bits per heavy atom. The number of ether oxygens (including phenoxy) is 1. The van der Waals surface area contributed by atoms with Gasteiger partial charge in [0.1, 0.15) is 22.7 Å². The Bertz CT molecular complexity index is 3130. The quantitative estimate of drug-likeness (QED) is 0.182. The highest BCUT2D eigenvalue weighted by Gasteiger charge is 2.46. The maximum Gasteiger partial charge on any atom is 0.135 e. The topological polar surface area (TPSA) is 22.4 Å². The molecule has 12 rings (SSSR count).